The van der Waals surface area contributed by atoms with E-state index in [1.807, 2.05) is 11.0 Å². The second-order valence-electron chi connectivity index (χ2n) is 6.92. The first-order valence-corrected chi connectivity index (χ1v) is 9.41. The van der Waals surface area contributed by atoms with Gasteiger partial charge in [0.25, 0.3) is 0 Å². The van der Waals surface area contributed by atoms with E-state index >= 15 is 0 Å². The number of hydrogen-bond acceptors (Lipinski definition) is 3. The Kier molecular flexibility index (Phi) is 3.63. The molecule has 23 heavy (non-hydrogen) atoms. The minimum absolute atomic E-state index is 0.0122. The Balaban J connectivity index is 1.52. The molecule has 1 aromatic rings. The van der Waals surface area contributed by atoms with Gasteiger partial charge in [0, 0.05) is 12.2 Å². The van der Waals surface area contributed by atoms with Crippen molar-refractivity contribution >= 4 is 23.6 Å². The predicted molar refractivity (Wildman–Crippen MR) is 91.0 cm³/mol. The van der Waals surface area contributed by atoms with Crippen LogP contribution in [0, 0.1) is 0 Å². The summed E-state index contributed by atoms with van der Waals surface area (Å²) in [5.74, 6) is 0.850. The zero-order valence-electron chi connectivity index (χ0n) is 13.4. The summed E-state index contributed by atoms with van der Waals surface area (Å²) in [6, 6.07) is 8.14. The minimum atomic E-state index is -0.311. The molecule has 2 heterocycles. The number of aryl methyl sites for hydroxylation is 1. The lowest BCUT2D eigenvalue weighted by Gasteiger charge is -2.32. The van der Waals surface area contributed by atoms with Crippen LogP contribution in [0.1, 0.15) is 49.8 Å². The van der Waals surface area contributed by atoms with Crippen LogP contribution < -0.4 is 5.32 Å². The lowest BCUT2D eigenvalue weighted by atomic mass is 9.87. The molecule has 1 aliphatic carbocycles. The molecule has 2 aliphatic heterocycles. The molecule has 1 N–H and O–H groups in total. The highest BCUT2D eigenvalue weighted by Gasteiger charge is 2.53. The van der Waals surface area contributed by atoms with Crippen LogP contribution in [0.2, 0.25) is 0 Å². The summed E-state index contributed by atoms with van der Waals surface area (Å²) in [5, 5.41) is 3.22. The molecule has 0 radical (unpaired) electrons. The molecule has 2 amide bonds. The van der Waals surface area contributed by atoms with Gasteiger partial charge in [-0.05, 0) is 43.7 Å². The van der Waals surface area contributed by atoms with Gasteiger partial charge in [0.2, 0.25) is 11.8 Å². The van der Waals surface area contributed by atoms with E-state index in [2.05, 4.69) is 30.4 Å². The summed E-state index contributed by atoms with van der Waals surface area (Å²) in [7, 11) is 0. The Bertz CT molecular complexity index is 662. The molecule has 3 aliphatic rings. The monoisotopic (exact) mass is 330 g/mol. The van der Waals surface area contributed by atoms with E-state index in [1.54, 1.807) is 11.8 Å². The van der Waals surface area contributed by atoms with Gasteiger partial charge >= 0.3 is 0 Å². The average Bonchev–Trinajstić information content (AvgIpc) is 3.04. The van der Waals surface area contributed by atoms with E-state index in [4.69, 9.17) is 0 Å². The van der Waals surface area contributed by atoms with Gasteiger partial charge in [-0.15, -0.1) is 11.8 Å². The molecule has 5 heteroatoms. The van der Waals surface area contributed by atoms with Crippen LogP contribution in [0.5, 0.6) is 0 Å². The van der Waals surface area contributed by atoms with Crippen LogP contribution in [-0.4, -0.2) is 33.4 Å². The summed E-state index contributed by atoms with van der Waals surface area (Å²) in [5.41, 5.74) is 2.58. The lowest BCUT2D eigenvalue weighted by Crippen LogP contribution is -2.50. The fourth-order valence-electron chi connectivity index (χ4n) is 4.19. The van der Waals surface area contributed by atoms with Gasteiger partial charge in [-0.3, -0.25) is 9.59 Å². The number of nitrogens with one attached hydrogen (secondary N) is 1. The van der Waals surface area contributed by atoms with Gasteiger partial charge in [0.15, 0.2) is 0 Å². The number of amides is 2. The molecule has 0 unspecified atom stereocenters. The van der Waals surface area contributed by atoms with Crippen LogP contribution in [0.4, 0.5) is 0 Å². The molecule has 0 aromatic heterocycles. The van der Waals surface area contributed by atoms with Crippen molar-refractivity contribution in [1.29, 1.82) is 0 Å². The van der Waals surface area contributed by atoms with E-state index in [1.165, 1.54) is 11.1 Å². The number of fused-ring (bicyclic) bond motifs is 2. The van der Waals surface area contributed by atoms with E-state index in [-0.39, 0.29) is 28.8 Å². The number of benzene rings is 1. The number of rotatable bonds is 2. The molecule has 0 bridgehead atoms. The number of hydrogen-bond donors (Lipinski definition) is 1. The molecule has 3 atom stereocenters. The number of carbonyl (C=O) groups is 2. The fraction of sp³-hybridized carbons (Fsp3) is 0.556. The molecule has 1 aromatic carbocycles. The Morgan fingerprint density at radius 2 is 2.17 bits per heavy atom. The third-order valence-electron chi connectivity index (χ3n) is 5.43. The van der Waals surface area contributed by atoms with E-state index in [0.29, 0.717) is 12.2 Å². The van der Waals surface area contributed by atoms with Crippen LogP contribution in [0.3, 0.4) is 0 Å². The highest BCUT2D eigenvalue weighted by Crippen LogP contribution is 2.47. The van der Waals surface area contributed by atoms with Crippen molar-refractivity contribution in [3.63, 3.8) is 0 Å². The first-order chi connectivity index (χ1) is 11.1. The average molecular weight is 330 g/mol. The maximum atomic E-state index is 12.8. The molecular weight excluding hydrogens is 308 g/mol. The number of carbonyl (C=O) groups excluding carboxylic acids is 2. The SMILES string of the molecule is C[C@]12CCC(=O)N1[C@H](C(=O)N[C@H]1CCCc3ccccc31)CS2. The smallest absolute Gasteiger partial charge is 0.244 e. The van der Waals surface area contributed by atoms with Crippen LogP contribution in [-0.2, 0) is 16.0 Å². The Morgan fingerprint density at radius 1 is 1.35 bits per heavy atom. The number of thioether (sulfide) groups is 1. The van der Waals surface area contributed by atoms with E-state index < -0.39 is 0 Å². The first kappa shape index (κ1) is 15.1. The van der Waals surface area contributed by atoms with Crippen LogP contribution in [0.15, 0.2) is 24.3 Å². The van der Waals surface area contributed by atoms with Gasteiger partial charge in [-0.25, -0.2) is 0 Å². The summed E-state index contributed by atoms with van der Waals surface area (Å²) < 4.78 is 0. The van der Waals surface area contributed by atoms with Crippen LogP contribution >= 0.6 is 11.8 Å². The van der Waals surface area contributed by atoms with Gasteiger partial charge in [-0.2, -0.15) is 0 Å². The molecule has 4 rings (SSSR count). The largest absolute Gasteiger partial charge is 0.347 e. The predicted octanol–water partition coefficient (Wildman–Crippen LogP) is 2.63. The summed E-state index contributed by atoms with van der Waals surface area (Å²) in [6.07, 6.45) is 4.59. The fourth-order valence-corrected chi connectivity index (χ4v) is 5.62. The van der Waals surface area contributed by atoms with Crippen molar-refractivity contribution in [2.45, 2.75) is 56.0 Å². The molecule has 4 nitrogen and oxygen atoms in total. The maximum Gasteiger partial charge on any atom is 0.244 e. The minimum Gasteiger partial charge on any atom is -0.347 e. The van der Waals surface area contributed by atoms with Crippen molar-refractivity contribution in [3.05, 3.63) is 35.4 Å². The van der Waals surface area contributed by atoms with Crippen molar-refractivity contribution in [1.82, 2.24) is 10.2 Å². The molecular formula is C18H22N2O2S. The molecule has 2 fully saturated rings. The van der Waals surface area contributed by atoms with Crippen LogP contribution in [0.25, 0.3) is 0 Å². The van der Waals surface area contributed by atoms with Crippen molar-refractivity contribution in [3.8, 4) is 0 Å². The third-order valence-corrected chi connectivity index (χ3v) is 6.94. The Labute approximate surface area is 141 Å². The molecule has 0 spiro atoms. The van der Waals surface area contributed by atoms with E-state index in [9.17, 15) is 9.59 Å². The zero-order valence-corrected chi connectivity index (χ0v) is 14.2. The Hall–Kier alpha value is -1.49. The maximum absolute atomic E-state index is 12.8. The van der Waals surface area contributed by atoms with Gasteiger partial charge in [0.05, 0.1) is 10.9 Å². The standard InChI is InChI=1S/C18H22N2O2S/c1-18-10-9-16(21)20(18)15(11-23-18)17(22)19-14-8-4-6-12-5-2-3-7-13(12)14/h2-3,5,7,14-15H,4,6,8-11H2,1H3,(H,19,22)/t14-,15-,18-/m0/s1. The summed E-state index contributed by atoms with van der Waals surface area (Å²) in [6.45, 7) is 2.09. The van der Waals surface area contributed by atoms with Crippen molar-refractivity contribution < 1.29 is 9.59 Å². The highest BCUT2D eigenvalue weighted by atomic mass is 32.2. The van der Waals surface area contributed by atoms with Gasteiger partial charge < -0.3 is 10.2 Å². The van der Waals surface area contributed by atoms with Gasteiger partial charge in [-0.1, -0.05) is 24.3 Å². The Morgan fingerprint density at radius 3 is 3.04 bits per heavy atom. The summed E-state index contributed by atoms with van der Waals surface area (Å²) in [4.78, 5) is 26.7. The molecule has 122 valence electrons. The third kappa shape index (κ3) is 2.45. The van der Waals surface area contributed by atoms with Crippen molar-refractivity contribution in [2.75, 3.05) is 5.75 Å². The van der Waals surface area contributed by atoms with Gasteiger partial charge in [0.1, 0.15) is 6.04 Å². The normalized spacial score (nSPS) is 32.6. The topological polar surface area (TPSA) is 49.4 Å². The highest BCUT2D eigenvalue weighted by molar-refractivity contribution is 8.01. The second kappa shape index (κ2) is 5.55. The molecule has 2 saturated heterocycles. The number of nitrogens with zero attached hydrogens (tertiary/aromatic N) is 1. The zero-order chi connectivity index (χ0) is 16.0. The quantitative estimate of drug-likeness (QED) is 0.907. The van der Waals surface area contributed by atoms with E-state index in [0.717, 1.165) is 25.7 Å². The summed E-state index contributed by atoms with van der Waals surface area (Å²) >= 11 is 1.75. The lowest BCUT2D eigenvalue weighted by molar-refractivity contribution is -0.138. The van der Waals surface area contributed by atoms with Crippen molar-refractivity contribution in [2.24, 2.45) is 0 Å². The first-order valence-electron chi connectivity index (χ1n) is 8.43. The molecule has 0 saturated carbocycles. The second-order valence-corrected chi connectivity index (χ2v) is 8.42.